The number of benzene rings is 3. The molecule has 2 amide bonds. The van der Waals surface area contributed by atoms with Crippen molar-refractivity contribution in [1.82, 2.24) is 0 Å². The molecular weight excluding hydrogens is 344 g/mol. The summed E-state index contributed by atoms with van der Waals surface area (Å²) in [7, 11) is 1.51. The topological polar surface area (TPSA) is 76.7 Å². The molecule has 0 aromatic heterocycles. The Hall–Kier alpha value is -3.54. The van der Waals surface area contributed by atoms with Crippen LogP contribution in [0.25, 0.3) is 10.8 Å². The van der Waals surface area contributed by atoms with Gasteiger partial charge in [-0.25, -0.2) is 0 Å². The number of anilines is 2. The minimum Gasteiger partial charge on any atom is -0.495 e. The lowest BCUT2D eigenvalue weighted by molar-refractivity contribution is -0.118. The van der Waals surface area contributed by atoms with Crippen molar-refractivity contribution in [2.45, 2.75) is 6.92 Å². The molecule has 6 heteroatoms. The van der Waals surface area contributed by atoms with Crippen molar-refractivity contribution >= 4 is 34.0 Å². The molecular formula is C21H20N2O4. The maximum atomic E-state index is 12.3. The molecule has 0 aliphatic rings. The van der Waals surface area contributed by atoms with Crippen molar-refractivity contribution in [3.8, 4) is 11.5 Å². The largest absolute Gasteiger partial charge is 0.495 e. The summed E-state index contributed by atoms with van der Waals surface area (Å²) in [6, 6.07) is 18.5. The Labute approximate surface area is 157 Å². The minimum absolute atomic E-state index is 0.151. The van der Waals surface area contributed by atoms with E-state index in [9.17, 15) is 9.59 Å². The molecule has 6 nitrogen and oxygen atoms in total. The molecule has 27 heavy (non-hydrogen) atoms. The lowest BCUT2D eigenvalue weighted by atomic mass is 10.1. The van der Waals surface area contributed by atoms with E-state index in [1.807, 2.05) is 42.5 Å². The van der Waals surface area contributed by atoms with Gasteiger partial charge in [-0.05, 0) is 29.7 Å². The second-order valence-electron chi connectivity index (χ2n) is 5.91. The van der Waals surface area contributed by atoms with Crippen molar-refractivity contribution < 1.29 is 19.1 Å². The number of methoxy groups -OCH3 is 1. The number of nitrogens with one attached hydrogen (secondary N) is 2. The van der Waals surface area contributed by atoms with Gasteiger partial charge in [0.25, 0.3) is 5.91 Å². The van der Waals surface area contributed by atoms with Gasteiger partial charge in [0.1, 0.15) is 11.5 Å². The third-order valence-electron chi connectivity index (χ3n) is 3.90. The normalized spacial score (nSPS) is 10.3. The predicted octanol–water partition coefficient (Wildman–Crippen LogP) is 3.82. The van der Waals surface area contributed by atoms with Gasteiger partial charge < -0.3 is 20.1 Å². The molecule has 0 saturated carbocycles. The number of carbonyl (C=O) groups excluding carboxylic acids is 2. The second-order valence-corrected chi connectivity index (χ2v) is 5.91. The van der Waals surface area contributed by atoms with E-state index in [2.05, 4.69) is 10.6 Å². The Kier molecular flexibility index (Phi) is 5.56. The Morgan fingerprint density at radius 1 is 0.926 bits per heavy atom. The number of rotatable bonds is 6. The van der Waals surface area contributed by atoms with Crippen molar-refractivity contribution in [3.05, 3.63) is 60.7 Å². The number of amides is 2. The van der Waals surface area contributed by atoms with Gasteiger partial charge in [0, 0.05) is 18.0 Å². The van der Waals surface area contributed by atoms with Gasteiger partial charge in [0.2, 0.25) is 5.91 Å². The molecule has 3 aromatic carbocycles. The van der Waals surface area contributed by atoms with Gasteiger partial charge in [-0.3, -0.25) is 9.59 Å². The molecule has 2 N–H and O–H groups in total. The van der Waals surface area contributed by atoms with Crippen LogP contribution in [0.4, 0.5) is 11.4 Å². The molecule has 0 radical (unpaired) electrons. The first-order valence-electron chi connectivity index (χ1n) is 8.43. The Balaban J connectivity index is 1.71. The summed E-state index contributed by atoms with van der Waals surface area (Å²) in [6.45, 7) is 1.27. The van der Waals surface area contributed by atoms with Crippen molar-refractivity contribution in [2.24, 2.45) is 0 Å². The molecule has 3 aromatic rings. The van der Waals surface area contributed by atoms with Gasteiger partial charge in [-0.15, -0.1) is 0 Å². The SMILES string of the molecule is COc1ccc(NC(C)=O)cc1NC(=O)COc1cccc2ccccc12. The van der Waals surface area contributed by atoms with E-state index in [1.165, 1.54) is 14.0 Å². The smallest absolute Gasteiger partial charge is 0.262 e. The second kappa shape index (κ2) is 8.23. The highest BCUT2D eigenvalue weighted by atomic mass is 16.5. The Morgan fingerprint density at radius 3 is 2.48 bits per heavy atom. The van der Waals surface area contributed by atoms with Gasteiger partial charge >= 0.3 is 0 Å². The summed E-state index contributed by atoms with van der Waals surface area (Å²) in [5.74, 6) is 0.600. The zero-order valence-corrected chi connectivity index (χ0v) is 15.1. The first-order chi connectivity index (χ1) is 13.1. The maximum absolute atomic E-state index is 12.3. The zero-order valence-electron chi connectivity index (χ0n) is 15.1. The fourth-order valence-corrected chi connectivity index (χ4v) is 2.74. The van der Waals surface area contributed by atoms with Crippen molar-refractivity contribution in [2.75, 3.05) is 24.4 Å². The molecule has 0 fully saturated rings. The number of carbonyl (C=O) groups is 2. The third kappa shape index (κ3) is 4.55. The summed E-state index contributed by atoms with van der Waals surface area (Å²) in [4.78, 5) is 23.6. The van der Waals surface area contributed by atoms with Crippen molar-refractivity contribution in [3.63, 3.8) is 0 Å². The fourth-order valence-electron chi connectivity index (χ4n) is 2.74. The summed E-state index contributed by atoms with van der Waals surface area (Å²) in [5, 5.41) is 7.41. The fraction of sp³-hybridized carbons (Fsp3) is 0.143. The molecule has 0 saturated heterocycles. The van der Waals surface area contributed by atoms with Gasteiger partial charge in [0.15, 0.2) is 6.61 Å². The Bertz CT molecular complexity index is 980. The predicted molar refractivity (Wildman–Crippen MR) is 105 cm³/mol. The number of hydrogen-bond donors (Lipinski definition) is 2. The number of fused-ring (bicyclic) bond motifs is 1. The van der Waals surface area contributed by atoms with Crippen LogP contribution < -0.4 is 20.1 Å². The average Bonchev–Trinajstić information content (AvgIpc) is 2.66. The summed E-state index contributed by atoms with van der Waals surface area (Å²) < 4.78 is 11.0. The van der Waals surface area contributed by atoms with E-state index in [0.29, 0.717) is 22.9 Å². The molecule has 0 aliphatic carbocycles. The van der Waals surface area contributed by atoms with Crippen LogP contribution in [-0.2, 0) is 9.59 Å². The van der Waals surface area contributed by atoms with Gasteiger partial charge in [-0.2, -0.15) is 0 Å². The highest BCUT2D eigenvalue weighted by molar-refractivity contribution is 5.96. The molecule has 0 unspecified atom stereocenters. The van der Waals surface area contributed by atoms with Crippen LogP contribution >= 0.6 is 0 Å². The summed E-state index contributed by atoms with van der Waals surface area (Å²) >= 11 is 0. The standard InChI is InChI=1S/C21H20N2O4/c1-14(24)22-16-10-11-20(26-2)18(12-16)23-21(25)13-27-19-9-5-7-15-6-3-4-8-17(15)19/h3-12H,13H2,1-2H3,(H,22,24)(H,23,25). The first kappa shape index (κ1) is 18.3. The molecule has 3 rings (SSSR count). The van der Waals surface area contributed by atoms with E-state index >= 15 is 0 Å². The van der Waals surface area contributed by atoms with E-state index in [-0.39, 0.29) is 18.4 Å². The van der Waals surface area contributed by atoms with E-state index in [0.717, 1.165) is 10.8 Å². The van der Waals surface area contributed by atoms with Crippen molar-refractivity contribution in [1.29, 1.82) is 0 Å². The molecule has 138 valence electrons. The van der Waals surface area contributed by atoms with Crippen LogP contribution in [0.3, 0.4) is 0 Å². The number of hydrogen-bond acceptors (Lipinski definition) is 4. The van der Waals surface area contributed by atoms with Crippen LogP contribution in [-0.4, -0.2) is 25.5 Å². The lowest BCUT2D eigenvalue weighted by Gasteiger charge is -2.13. The van der Waals surface area contributed by atoms with Gasteiger partial charge in [-0.1, -0.05) is 36.4 Å². The molecule has 0 spiro atoms. The van der Waals surface area contributed by atoms with Crippen LogP contribution in [0.5, 0.6) is 11.5 Å². The first-order valence-corrected chi connectivity index (χ1v) is 8.43. The number of ether oxygens (including phenoxy) is 2. The molecule has 0 aliphatic heterocycles. The zero-order chi connectivity index (χ0) is 19.2. The highest BCUT2D eigenvalue weighted by Crippen LogP contribution is 2.28. The molecule has 0 heterocycles. The minimum atomic E-state index is -0.332. The highest BCUT2D eigenvalue weighted by Gasteiger charge is 2.11. The van der Waals surface area contributed by atoms with E-state index < -0.39 is 0 Å². The molecule has 0 bridgehead atoms. The quantitative estimate of drug-likeness (QED) is 0.697. The maximum Gasteiger partial charge on any atom is 0.262 e. The average molecular weight is 364 g/mol. The molecule has 0 atom stereocenters. The Morgan fingerprint density at radius 2 is 1.70 bits per heavy atom. The van der Waals surface area contributed by atoms with E-state index in [1.54, 1.807) is 18.2 Å². The third-order valence-corrected chi connectivity index (χ3v) is 3.90. The van der Waals surface area contributed by atoms with Crippen LogP contribution in [0.1, 0.15) is 6.92 Å². The van der Waals surface area contributed by atoms with Gasteiger partial charge in [0.05, 0.1) is 12.8 Å². The van der Waals surface area contributed by atoms with Crippen LogP contribution in [0.2, 0.25) is 0 Å². The lowest BCUT2D eigenvalue weighted by Crippen LogP contribution is -2.20. The van der Waals surface area contributed by atoms with E-state index in [4.69, 9.17) is 9.47 Å². The van der Waals surface area contributed by atoms with Crippen LogP contribution in [0, 0.1) is 0 Å². The monoisotopic (exact) mass is 364 g/mol. The van der Waals surface area contributed by atoms with Crippen LogP contribution in [0.15, 0.2) is 60.7 Å². The summed E-state index contributed by atoms with van der Waals surface area (Å²) in [5.41, 5.74) is 1.02. The summed E-state index contributed by atoms with van der Waals surface area (Å²) in [6.07, 6.45) is 0.